The number of nitrogens with one attached hydrogen (secondary N) is 1. The van der Waals surface area contributed by atoms with Gasteiger partial charge in [-0.25, -0.2) is 4.98 Å². The maximum atomic E-state index is 13.1. The largest absolute Gasteiger partial charge is 0.507 e. The van der Waals surface area contributed by atoms with Crippen LogP contribution in [0, 0.1) is 0 Å². The first kappa shape index (κ1) is 18.4. The van der Waals surface area contributed by atoms with Crippen LogP contribution in [0.1, 0.15) is 15.9 Å². The Kier molecular flexibility index (Phi) is 4.52. The number of aromatic amines is 1. The van der Waals surface area contributed by atoms with Crippen LogP contribution in [-0.2, 0) is 4.74 Å². The lowest BCUT2D eigenvalue weighted by molar-refractivity contribution is 0.103. The average Bonchev–Trinajstić information content (AvgIpc) is 3.16. The molecule has 0 radical (unpaired) electrons. The van der Waals surface area contributed by atoms with Crippen molar-refractivity contribution in [2.75, 3.05) is 38.3 Å². The number of rotatable bonds is 4. The molecule has 1 aliphatic rings. The van der Waals surface area contributed by atoms with Crippen molar-refractivity contribution in [3.8, 4) is 11.5 Å². The van der Waals surface area contributed by atoms with Crippen LogP contribution in [0.3, 0.4) is 0 Å². The van der Waals surface area contributed by atoms with Crippen LogP contribution in [-0.4, -0.2) is 54.3 Å². The molecule has 1 saturated heterocycles. The number of morpholine rings is 1. The summed E-state index contributed by atoms with van der Waals surface area (Å²) in [6.45, 7) is 3.14. The van der Waals surface area contributed by atoms with E-state index in [1.165, 1.54) is 25.4 Å². The van der Waals surface area contributed by atoms with Crippen molar-refractivity contribution < 1.29 is 19.4 Å². The number of aromatic nitrogens is 2. The maximum absolute atomic E-state index is 13.1. The van der Waals surface area contributed by atoms with Gasteiger partial charge in [0.05, 0.1) is 25.9 Å². The molecule has 5 rings (SSSR count). The van der Waals surface area contributed by atoms with E-state index in [-0.39, 0.29) is 17.1 Å². The molecule has 30 heavy (non-hydrogen) atoms. The first-order valence-corrected chi connectivity index (χ1v) is 9.80. The first-order chi connectivity index (χ1) is 14.6. The Balaban J connectivity index is 1.59. The molecule has 0 spiro atoms. The number of ketones is 1. The smallest absolute Gasteiger partial charge is 0.198 e. The lowest BCUT2D eigenvalue weighted by Crippen LogP contribution is -2.36. The normalized spacial score (nSPS) is 14.4. The number of hydrogen-bond donors (Lipinski definition) is 2. The van der Waals surface area contributed by atoms with Crippen LogP contribution in [0.15, 0.2) is 48.7 Å². The first-order valence-electron chi connectivity index (χ1n) is 9.80. The minimum Gasteiger partial charge on any atom is -0.507 e. The maximum Gasteiger partial charge on any atom is 0.198 e. The molecule has 1 aliphatic heterocycles. The van der Waals surface area contributed by atoms with E-state index in [4.69, 9.17) is 9.47 Å². The van der Waals surface area contributed by atoms with Crippen LogP contribution in [0.4, 0.5) is 5.69 Å². The second-order valence-corrected chi connectivity index (χ2v) is 7.29. The Morgan fingerprint density at radius 3 is 2.77 bits per heavy atom. The van der Waals surface area contributed by atoms with Gasteiger partial charge in [0.25, 0.3) is 0 Å². The topological polar surface area (TPSA) is 87.7 Å². The molecule has 2 N–H and O–H groups in total. The summed E-state index contributed by atoms with van der Waals surface area (Å²) in [4.78, 5) is 23.1. The van der Waals surface area contributed by atoms with Crippen molar-refractivity contribution in [1.82, 2.24) is 9.97 Å². The monoisotopic (exact) mass is 403 g/mol. The number of fused-ring (bicyclic) bond motifs is 3. The molecule has 0 saturated carbocycles. The van der Waals surface area contributed by atoms with Crippen molar-refractivity contribution in [1.29, 1.82) is 0 Å². The molecule has 0 aliphatic carbocycles. The number of aromatic hydroxyl groups is 1. The highest BCUT2D eigenvalue weighted by Gasteiger charge is 2.18. The highest BCUT2D eigenvalue weighted by Crippen LogP contribution is 2.31. The third-order valence-corrected chi connectivity index (χ3v) is 5.52. The molecule has 0 atom stereocenters. The van der Waals surface area contributed by atoms with Gasteiger partial charge in [-0.2, -0.15) is 0 Å². The number of ether oxygens (including phenoxy) is 2. The van der Waals surface area contributed by atoms with Crippen molar-refractivity contribution in [2.45, 2.75) is 0 Å². The average molecular weight is 403 g/mol. The van der Waals surface area contributed by atoms with Crippen LogP contribution < -0.4 is 9.64 Å². The van der Waals surface area contributed by atoms with Crippen LogP contribution >= 0.6 is 0 Å². The van der Waals surface area contributed by atoms with Crippen molar-refractivity contribution in [3.63, 3.8) is 0 Å². The molecule has 2 aromatic heterocycles. The molecular formula is C23H21N3O4. The van der Waals surface area contributed by atoms with Gasteiger partial charge in [0, 0.05) is 46.8 Å². The fourth-order valence-electron chi connectivity index (χ4n) is 3.88. The summed E-state index contributed by atoms with van der Waals surface area (Å²) >= 11 is 0. The number of carbonyl (C=O) groups excluding carboxylic acids is 1. The molecule has 0 unspecified atom stereocenters. The number of phenols is 1. The molecule has 0 amide bonds. The second-order valence-electron chi connectivity index (χ2n) is 7.29. The number of carbonyl (C=O) groups is 1. The highest BCUT2D eigenvalue weighted by molar-refractivity contribution is 6.14. The summed E-state index contributed by atoms with van der Waals surface area (Å²) in [7, 11) is 1.52. The number of methoxy groups -OCH3 is 1. The molecule has 4 aromatic rings. The Morgan fingerprint density at radius 1 is 1.13 bits per heavy atom. The molecule has 3 heterocycles. The van der Waals surface area contributed by atoms with Gasteiger partial charge in [0.2, 0.25) is 0 Å². The minimum absolute atomic E-state index is 0.0885. The number of anilines is 1. The SMILES string of the molecule is COc1ccc(O)c(C(=O)c2cnc3[nH]c4ccc(N5CCOCC5)cc4c3c2)c1. The summed E-state index contributed by atoms with van der Waals surface area (Å²) in [6.07, 6.45) is 1.53. The zero-order valence-corrected chi connectivity index (χ0v) is 16.5. The summed E-state index contributed by atoms with van der Waals surface area (Å²) < 4.78 is 10.6. The van der Waals surface area contributed by atoms with E-state index in [0.29, 0.717) is 11.3 Å². The number of H-pyrrole nitrogens is 1. The summed E-state index contributed by atoms with van der Waals surface area (Å²) in [5, 5.41) is 12.0. The fraction of sp³-hybridized carbons (Fsp3) is 0.217. The number of pyridine rings is 1. The third-order valence-electron chi connectivity index (χ3n) is 5.52. The van der Waals surface area contributed by atoms with E-state index < -0.39 is 0 Å². The third kappa shape index (κ3) is 3.13. The molecule has 2 aromatic carbocycles. The van der Waals surface area contributed by atoms with E-state index in [0.717, 1.165) is 53.9 Å². The van der Waals surface area contributed by atoms with E-state index in [1.54, 1.807) is 6.07 Å². The molecule has 0 bridgehead atoms. The van der Waals surface area contributed by atoms with Crippen molar-refractivity contribution in [2.24, 2.45) is 0 Å². The van der Waals surface area contributed by atoms with E-state index >= 15 is 0 Å². The van der Waals surface area contributed by atoms with E-state index in [1.807, 2.05) is 12.1 Å². The fourth-order valence-corrected chi connectivity index (χ4v) is 3.88. The second kappa shape index (κ2) is 7.35. The number of nitrogens with zero attached hydrogens (tertiary/aromatic N) is 2. The zero-order valence-electron chi connectivity index (χ0n) is 16.5. The Labute approximate surface area is 172 Å². The predicted molar refractivity (Wildman–Crippen MR) is 115 cm³/mol. The summed E-state index contributed by atoms with van der Waals surface area (Å²) in [5.74, 6) is 0.112. The van der Waals surface area contributed by atoms with Gasteiger partial charge >= 0.3 is 0 Å². The molecule has 152 valence electrons. The number of benzene rings is 2. The number of phenolic OH excluding ortho intramolecular Hbond substituents is 1. The quantitative estimate of drug-likeness (QED) is 0.507. The molecule has 7 nitrogen and oxygen atoms in total. The van der Waals surface area contributed by atoms with Crippen LogP contribution in [0.5, 0.6) is 11.5 Å². The van der Waals surface area contributed by atoms with Gasteiger partial charge in [-0.15, -0.1) is 0 Å². The predicted octanol–water partition coefficient (Wildman–Crippen LogP) is 3.50. The standard InChI is InChI=1S/C23H21N3O4/c1-29-16-3-5-21(27)19(12-16)22(28)14-10-18-17-11-15(26-6-8-30-9-7-26)2-4-20(17)25-23(18)24-13-14/h2-5,10-13,27H,6-9H2,1H3,(H,24,25). The molecule has 1 fully saturated rings. The van der Waals surface area contributed by atoms with Gasteiger partial charge in [-0.1, -0.05) is 0 Å². The van der Waals surface area contributed by atoms with Crippen LogP contribution in [0.25, 0.3) is 21.9 Å². The Bertz CT molecular complexity index is 1260. The van der Waals surface area contributed by atoms with Gasteiger partial charge in [0.1, 0.15) is 17.1 Å². The number of hydrogen-bond acceptors (Lipinski definition) is 6. The van der Waals surface area contributed by atoms with Crippen LogP contribution in [0.2, 0.25) is 0 Å². The zero-order chi connectivity index (χ0) is 20.7. The lowest BCUT2D eigenvalue weighted by Gasteiger charge is -2.28. The highest BCUT2D eigenvalue weighted by atomic mass is 16.5. The lowest BCUT2D eigenvalue weighted by atomic mass is 10.0. The summed E-state index contributed by atoms with van der Waals surface area (Å²) in [5.41, 5.74) is 3.39. The summed E-state index contributed by atoms with van der Waals surface area (Å²) in [6, 6.07) is 12.7. The van der Waals surface area contributed by atoms with Gasteiger partial charge in [-0.3, -0.25) is 4.79 Å². The Hall–Kier alpha value is -3.58. The van der Waals surface area contributed by atoms with Gasteiger partial charge < -0.3 is 24.5 Å². The van der Waals surface area contributed by atoms with Gasteiger partial charge in [0.15, 0.2) is 5.78 Å². The van der Waals surface area contributed by atoms with E-state index in [2.05, 4.69) is 27.0 Å². The Morgan fingerprint density at radius 2 is 1.97 bits per heavy atom. The van der Waals surface area contributed by atoms with Crippen molar-refractivity contribution >= 4 is 33.4 Å². The molecular weight excluding hydrogens is 382 g/mol. The molecule has 7 heteroatoms. The van der Waals surface area contributed by atoms with E-state index in [9.17, 15) is 9.90 Å². The van der Waals surface area contributed by atoms with Gasteiger partial charge in [-0.05, 0) is 42.5 Å². The minimum atomic E-state index is -0.306. The van der Waals surface area contributed by atoms with Crippen molar-refractivity contribution in [3.05, 3.63) is 59.8 Å².